The van der Waals surface area contributed by atoms with Crippen LogP contribution in [0.2, 0.25) is 0 Å². The number of phenolic OH excluding ortho intramolecular Hbond substituents is 1. The summed E-state index contributed by atoms with van der Waals surface area (Å²) in [5.41, 5.74) is 0.249. The van der Waals surface area contributed by atoms with Gasteiger partial charge in [-0.25, -0.2) is 4.79 Å². The zero-order valence-corrected chi connectivity index (χ0v) is 16.4. The Morgan fingerprint density at radius 3 is 2.85 bits per heavy atom. The Kier molecular flexibility index (Phi) is 5.34. The first-order chi connectivity index (χ1) is 12.8. The van der Waals surface area contributed by atoms with Crippen LogP contribution in [0.3, 0.4) is 0 Å². The summed E-state index contributed by atoms with van der Waals surface area (Å²) in [6.45, 7) is 8.57. The number of rotatable bonds is 3. The maximum absolute atomic E-state index is 12.3. The van der Waals surface area contributed by atoms with Crippen LogP contribution in [0.15, 0.2) is 23.2 Å². The number of guanidine groups is 1. The van der Waals surface area contributed by atoms with Gasteiger partial charge in [0.1, 0.15) is 5.60 Å². The smallest absolute Gasteiger partial charge is 0.410 e. The molecule has 1 atom stereocenters. The minimum atomic E-state index is -0.494. The van der Waals surface area contributed by atoms with Gasteiger partial charge in [0.05, 0.1) is 19.7 Å². The van der Waals surface area contributed by atoms with E-state index in [0.717, 1.165) is 11.5 Å². The standard InChI is InChI=1S/C19H28N4O4/c1-19(2,3)27-18(25)22-8-9-23-14(12-22)11-21-17(23)20-10-13-6-5-7-15(26-4)16(13)24/h5-7,14,24H,8-12H2,1-4H3,(H,20,21). The lowest BCUT2D eigenvalue weighted by Crippen LogP contribution is -2.57. The SMILES string of the molecule is COc1cccc(CNC2=NCC3CN(C(=O)OC(C)(C)C)CCN23)c1O. The molecule has 0 saturated carbocycles. The number of piperazine rings is 1. The van der Waals surface area contributed by atoms with Crippen molar-refractivity contribution in [3.63, 3.8) is 0 Å². The number of nitrogens with one attached hydrogen (secondary N) is 1. The topological polar surface area (TPSA) is 86.6 Å². The molecule has 3 rings (SSSR count). The van der Waals surface area contributed by atoms with Crippen LogP contribution in [0.1, 0.15) is 26.3 Å². The molecule has 2 heterocycles. The van der Waals surface area contributed by atoms with E-state index in [9.17, 15) is 9.90 Å². The molecule has 0 spiro atoms. The summed E-state index contributed by atoms with van der Waals surface area (Å²) in [6, 6.07) is 5.55. The minimum Gasteiger partial charge on any atom is -0.504 e. The monoisotopic (exact) mass is 376 g/mol. The highest BCUT2D eigenvalue weighted by Gasteiger charge is 2.36. The van der Waals surface area contributed by atoms with Gasteiger partial charge in [0, 0.05) is 31.7 Å². The second kappa shape index (κ2) is 7.54. The predicted molar refractivity (Wildman–Crippen MR) is 102 cm³/mol. The first kappa shape index (κ1) is 19.1. The number of nitrogens with zero attached hydrogens (tertiary/aromatic N) is 3. The number of phenols is 1. The molecule has 27 heavy (non-hydrogen) atoms. The number of ether oxygens (including phenoxy) is 2. The fourth-order valence-electron chi connectivity index (χ4n) is 3.27. The molecular weight excluding hydrogens is 348 g/mol. The first-order valence-corrected chi connectivity index (χ1v) is 9.16. The third-order valence-corrected chi connectivity index (χ3v) is 4.60. The van der Waals surface area contributed by atoms with Crippen LogP contribution >= 0.6 is 0 Å². The van der Waals surface area contributed by atoms with Crippen molar-refractivity contribution in [2.75, 3.05) is 33.3 Å². The van der Waals surface area contributed by atoms with Crippen molar-refractivity contribution in [1.29, 1.82) is 0 Å². The lowest BCUT2D eigenvalue weighted by Gasteiger charge is -2.39. The molecule has 1 amide bonds. The summed E-state index contributed by atoms with van der Waals surface area (Å²) in [4.78, 5) is 20.8. The Morgan fingerprint density at radius 1 is 1.37 bits per heavy atom. The Bertz CT molecular complexity index is 729. The van der Waals surface area contributed by atoms with Crippen molar-refractivity contribution in [2.45, 2.75) is 39.0 Å². The number of para-hydroxylation sites is 1. The van der Waals surface area contributed by atoms with Gasteiger partial charge >= 0.3 is 6.09 Å². The van der Waals surface area contributed by atoms with E-state index in [1.807, 2.05) is 32.9 Å². The molecule has 2 aliphatic rings. The van der Waals surface area contributed by atoms with Crippen LogP contribution < -0.4 is 10.1 Å². The average molecular weight is 376 g/mol. The molecule has 0 radical (unpaired) electrons. The number of benzene rings is 1. The highest BCUT2D eigenvalue weighted by Crippen LogP contribution is 2.29. The largest absolute Gasteiger partial charge is 0.504 e. The van der Waals surface area contributed by atoms with Gasteiger partial charge in [-0.15, -0.1) is 0 Å². The van der Waals surface area contributed by atoms with Crippen LogP contribution in [0.5, 0.6) is 11.5 Å². The van der Waals surface area contributed by atoms with Crippen LogP contribution in [-0.2, 0) is 11.3 Å². The van der Waals surface area contributed by atoms with E-state index in [1.54, 1.807) is 11.0 Å². The molecule has 1 saturated heterocycles. The van der Waals surface area contributed by atoms with Crippen molar-refractivity contribution in [3.8, 4) is 11.5 Å². The number of aromatic hydroxyl groups is 1. The molecule has 0 aliphatic carbocycles. The molecule has 1 aromatic carbocycles. The number of carbonyl (C=O) groups is 1. The second-order valence-electron chi connectivity index (χ2n) is 7.76. The fraction of sp³-hybridized carbons (Fsp3) is 0.579. The van der Waals surface area contributed by atoms with Crippen LogP contribution in [0.4, 0.5) is 4.79 Å². The Morgan fingerprint density at radius 2 is 2.15 bits per heavy atom. The summed E-state index contributed by atoms with van der Waals surface area (Å²) in [7, 11) is 1.53. The molecular formula is C19H28N4O4. The molecule has 0 bridgehead atoms. The van der Waals surface area contributed by atoms with E-state index in [2.05, 4.69) is 15.2 Å². The third-order valence-electron chi connectivity index (χ3n) is 4.60. The van der Waals surface area contributed by atoms with Gasteiger partial charge in [-0.1, -0.05) is 12.1 Å². The van der Waals surface area contributed by atoms with Gasteiger partial charge < -0.3 is 29.7 Å². The molecule has 148 valence electrons. The molecule has 2 aliphatic heterocycles. The van der Waals surface area contributed by atoms with Crippen molar-refractivity contribution < 1.29 is 19.4 Å². The Balaban J connectivity index is 1.56. The molecule has 1 aromatic rings. The minimum absolute atomic E-state index is 0.136. The lowest BCUT2D eigenvalue weighted by atomic mass is 10.2. The van der Waals surface area contributed by atoms with Crippen molar-refractivity contribution in [1.82, 2.24) is 15.1 Å². The summed E-state index contributed by atoms with van der Waals surface area (Å²) in [6.07, 6.45) is -0.273. The molecule has 1 fully saturated rings. The molecule has 0 aromatic heterocycles. The molecule has 8 heteroatoms. The first-order valence-electron chi connectivity index (χ1n) is 9.16. The maximum atomic E-state index is 12.3. The number of hydrogen-bond donors (Lipinski definition) is 2. The average Bonchev–Trinajstić information content (AvgIpc) is 3.01. The Hall–Kier alpha value is -2.64. The highest BCUT2D eigenvalue weighted by molar-refractivity contribution is 5.82. The summed E-state index contributed by atoms with van der Waals surface area (Å²) < 4.78 is 10.6. The van der Waals surface area contributed by atoms with Gasteiger partial charge in [0.25, 0.3) is 0 Å². The summed E-state index contributed by atoms with van der Waals surface area (Å²) in [5, 5.41) is 13.5. The number of fused-ring (bicyclic) bond motifs is 1. The highest BCUT2D eigenvalue weighted by atomic mass is 16.6. The zero-order chi connectivity index (χ0) is 19.6. The van der Waals surface area contributed by atoms with Gasteiger partial charge in [-0.3, -0.25) is 4.99 Å². The van der Waals surface area contributed by atoms with Crippen LogP contribution in [0, 0.1) is 0 Å². The van der Waals surface area contributed by atoms with E-state index in [-0.39, 0.29) is 17.9 Å². The quantitative estimate of drug-likeness (QED) is 0.836. The fourth-order valence-corrected chi connectivity index (χ4v) is 3.27. The molecule has 8 nitrogen and oxygen atoms in total. The predicted octanol–water partition coefficient (Wildman–Crippen LogP) is 1.78. The Labute approximate surface area is 159 Å². The summed E-state index contributed by atoms with van der Waals surface area (Å²) in [5.74, 6) is 1.38. The summed E-state index contributed by atoms with van der Waals surface area (Å²) >= 11 is 0. The molecule has 1 unspecified atom stereocenters. The zero-order valence-electron chi connectivity index (χ0n) is 16.4. The van der Waals surface area contributed by atoms with Crippen LogP contribution in [-0.4, -0.2) is 71.9 Å². The maximum Gasteiger partial charge on any atom is 0.410 e. The lowest BCUT2D eigenvalue weighted by molar-refractivity contribution is 0.0137. The van der Waals surface area contributed by atoms with Gasteiger partial charge in [0.15, 0.2) is 17.5 Å². The second-order valence-corrected chi connectivity index (χ2v) is 7.76. The normalized spacial score (nSPS) is 19.4. The molecule has 2 N–H and O–H groups in total. The van der Waals surface area contributed by atoms with Crippen molar-refractivity contribution in [2.24, 2.45) is 4.99 Å². The third kappa shape index (κ3) is 4.37. The van der Waals surface area contributed by atoms with E-state index < -0.39 is 5.60 Å². The van der Waals surface area contributed by atoms with Gasteiger partial charge in [0.2, 0.25) is 0 Å². The number of amides is 1. The van der Waals surface area contributed by atoms with E-state index in [0.29, 0.717) is 38.5 Å². The van der Waals surface area contributed by atoms with Gasteiger partial charge in [-0.05, 0) is 26.8 Å². The number of hydrogen-bond acceptors (Lipinski definition) is 7. The van der Waals surface area contributed by atoms with Crippen molar-refractivity contribution >= 4 is 12.1 Å². The van der Waals surface area contributed by atoms with Crippen LogP contribution in [0.25, 0.3) is 0 Å². The van der Waals surface area contributed by atoms with Gasteiger partial charge in [-0.2, -0.15) is 0 Å². The number of methoxy groups -OCH3 is 1. The van der Waals surface area contributed by atoms with Crippen molar-refractivity contribution in [3.05, 3.63) is 23.8 Å². The van der Waals surface area contributed by atoms with E-state index in [1.165, 1.54) is 7.11 Å². The van der Waals surface area contributed by atoms with E-state index >= 15 is 0 Å². The van der Waals surface area contributed by atoms with E-state index in [4.69, 9.17) is 9.47 Å². The number of aliphatic imine (C=N–C) groups is 1. The number of carbonyl (C=O) groups excluding carboxylic acids is 1.